The van der Waals surface area contributed by atoms with E-state index in [0.29, 0.717) is 18.8 Å². The minimum atomic E-state index is -0.742. The molecule has 0 radical (unpaired) electrons. The molecule has 2 aromatic rings. The molecule has 0 bridgehead atoms. The van der Waals surface area contributed by atoms with E-state index in [1.165, 1.54) is 17.3 Å². The molecule has 3 rings (SSSR count). The highest BCUT2D eigenvalue weighted by molar-refractivity contribution is 5.94. The molecule has 0 spiro atoms. The Labute approximate surface area is 125 Å². The van der Waals surface area contributed by atoms with E-state index >= 15 is 0 Å². The van der Waals surface area contributed by atoms with Crippen LogP contribution in [-0.4, -0.2) is 40.5 Å². The van der Waals surface area contributed by atoms with Gasteiger partial charge in [-0.25, -0.2) is 8.78 Å². The van der Waals surface area contributed by atoms with Gasteiger partial charge in [0.25, 0.3) is 5.91 Å². The van der Waals surface area contributed by atoms with Crippen molar-refractivity contribution in [2.24, 2.45) is 0 Å². The third kappa shape index (κ3) is 2.94. The van der Waals surface area contributed by atoms with E-state index in [0.717, 1.165) is 18.2 Å². The van der Waals surface area contributed by atoms with E-state index in [2.05, 4.69) is 9.97 Å². The van der Waals surface area contributed by atoms with Crippen molar-refractivity contribution in [2.45, 2.75) is 6.10 Å². The van der Waals surface area contributed by atoms with Crippen molar-refractivity contribution in [3.63, 3.8) is 0 Å². The van der Waals surface area contributed by atoms with E-state index in [9.17, 15) is 13.6 Å². The fourth-order valence-electron chi connectivity index (χ4n) is 2.32. The highest BCUT2D eigenvalue weighted by atomic mass is 19.1. The number of benzene rings is 1. The summed E-state index contributed by atoms with van der Waals surface area (Å²) in [5.74, 6) is -1.95. The quantitative estimate of drug-likeness (QED) is 0.851. The van der Waals surface area contributed by atoms with E-state index in [4.69, 9.17) is 4.74 Å². The molecule has 1 amide bonds. The van der Waals surface area contributed by atoms with Gasteiger partial charge >= 0.3 is 0 Å². The summed E-state index contributed by atoms with van der Waals surface area (Å²) in [7, 11) is 0. The Morgan fingerprint density at radius 1 is 1.32 bits per heavy atom. The van der Waals surface area contributed by atoms with E-state index in [1.807, 2.05) is 0 Å². The molecule has 114 valence electrons. The topological polar surface area (TPSA) is 55.3 Å². The number of hydrogen-bond acceptors (Lipinski definition) is 4. The van der Waals surface area contributed by atoms with Crippen molar-refractivity contribution < 1.29 is 18.3 Å². The second-order valence-electron chi connectivity index (χ2n) is 4.87. The normalized spacial score (nSPS) is 18.3. The third-order valence-corrected chi connectivity index (χ3v) is 3.43. The Morgan fingerprint density at radius 3 is 2.95 bits per heavy atom. The van der Waals surface area contributed by atoms with Crippen molar-refractivity contribution >= 4 is 5.91 Å². The maximum Gasteiger partial charge on any atom is 0.257 e. The number of rotatable bonds is 2. The zero-order chi connectivity index (χ0) is 15.5. The fourth-order valence-corrected chi connectivity index (χ4v) is 2.32. The van der Waals surface area contributed by atoms with Gasteiger partial charge in [-0.15, -0.1) is 0 Å². The van der Waals surface area contributed by atoms with Gasteiger partial charge in [-0.3, -0.25) is 14.8 Å². The molecule has 1 aliphatic rings. The van der Waals surface area contributed by atoms with E-state index in [1.54, 1.807) is 6.20 Å². The zero-order valence-electron chi connectivity index (χ0n) is 11.6. The summed E-state index contributed by atoms with van der Waals surface area (Å²) in [5, 5.41) is 0. The van der Waals surface area contributed by atoms with Crippen LogP contribution in [0.4, 0.5) is 8.78 Å². The lowest BCUT2D eigenvalue weighted by Gasteiger charge is -2.32. The average Bonchev–Trinajstić information content (AvgIpc) is 2.57. The van der Waals surface area contributed by atoms with Gasteiger partial charge in [0.2, 0.25) is 0 Å². The van der Waals surface area contributed by atoms with Crippen LogP contribution in [0.3, 0.4) is 0 Å². The summed E-state index contributed by atoms with van der Waals surface area (Å²) in [6, 6.07) is 2.83. The number of morpholine rings is 1. The molecule has 1 unspecified atom stereocenters. The average molecular weight is 305 g/mol. The zero-order valence-corrected chi connectivity index (χ0v) is 11.6. The summed E-state index contributed by atoms with van der Waals surface area (Å²) in [6.07, 6.45) is 4.20. The van der Waals surface area contributed by atoms with Gasteiger partial charge in [0.05, 0.1) is 30.6 Å². The highest BCUT2D eigenvalue weighted by Crippen LogP contribution is 2.22. The smallest absolute Gasteiger partial charge is 0.257 e. The molecular formula is C15H13F2N3O2. The lowest BCUT2D eigenvalue weighted by atomic mass is 10.1. The first-order valence-corrected chi connectivity index (χ1v) is 6.77. The summed E-state index contributed by atoms with van der Waals surface area (Å²) in [6.45, 7) is 0.822. The van der Waals surface area contributed by atoms with Crippen LogP contribution in [0, 0.1) is 11.6 Å². The molecule has 1 aromatic carbocycles. The van der Waals surface area contributed by atoms with Gasteiger partial charge in [-0.2, -0.15) is 0 Å². The molecule has 5 nitrogen and oxygen atoms in total. The lowest BCUT2D eigenvalue weighted by molar-refractivity contribution is -0.0250. The summed E-state index contributed by atoms with van der Waals surface area (Å²) >= 11 is 0. The van der Waals surface area contributed by atoms with Crippen LogP contribution in [0.25, 0.3) is 0 Å². The van der Waals surface area contributed by atoms with Crippen LogP contribution in [0.5, 0.6) is 0 Å². The van der Waals surface area contributed by atoms with Gasteiger partial charge in [-0.05, 0) is 18.2 Å². The van der Waals surface area contributed by atoms with Crippen molar-refractivity contribution in [3.05, 3.63) is 59.7 Å². The second-order valence-corrected chi connectivity index (χ2v) is 4.87. The van der Waals surface area contributed by atoms with Crippen LogP contribution in [0.2, 0.25) is 0 Å². The summed E-state index contributed by atoms with van der Waals surface area (Å²) in [5.41, 5.74) is 0.319. The maximum atomic E-state index is 13.7. The number of aromatic nitrogens is 2. The first-order valence-electron chi connectivity index (χ1n) is 6.77. The number of nitrogens with zero attached hydrogens (tertiary/aromatic N) is 3. The predicted molar refractivity (Wildman–Crippen MR) is 73.0 cm³/mol. The van der Waals surface area contributed by atoms with Crippen molar-refractivity contribution in [2.75, 3.05) is 19.7 Å². The minimum absolute atomic E-state index is 0.216. The maximum absolute atomic E-state index is 13.7. The van der Waals surface area contributed by atoms with Crippen molar-refractivity contribution in [1.29, 1.82) is 0 Å². The summed E-state index contributed by atoms with van der Waals surface area (Å²) < 4.78 is 32.5. The summed E-state index contributed by atoms with van der Waals surface area (Å²) in [4.78, 5) is 21.9. The van der Waals surface area contributed by atoms with Crippen LogP contribution < -0.4 is 0 Å². The van der Waals surface area contributed by atoms with Crippen LogP contribution in [0.15, 0.2) is 36.8 Å². The second kappa shape index (κ2) is 6.15. The number of hydrogen-bond donors (Lipinski definition) is 0. The first-order chi connectivity index (χ1) is 10.6. The molecule has 0 aliphatic carbocycles. The molecule has 2 heterocycles. The Kier molecular flexibility index (Phi) is 4.06. The Bertz CT molecular complexity index is 682. The van der Waals surface area contributed by atoms with Crippen molar-refractivity contribution in [3.8, 4) is 0 Å². The molecule has 1 aromatic heterocycles. The number of halogens is 2. The van der Waals surface area contributed by atoms with Gasteiger partial charge in [0.1, 0.15) is 17.7 Å². The predicted octanol–water partition coefficient (Wildman–Crippen LogP) is 1.97. The van der Waals surface area contributed by atoms with Crippen molar-refractivity contribution in [1.82, 2.24) is 14.9 Å². The van der Waals surface area contributed by atoms with Crippen LogP contribution >= 0.6 is 0 Å². The van der Waals surface area contributed by atoms with E-state index < -0.39 is 23.6 Å². The molecule has 1 atom stereocenters. The molecule has 1 saturated heterocycles. The van der Waals surface area contributed by atoms with Gasteiger partial charge in [0, 0.05) is 18.9 Å². The standard InChI is InChI=1S/C15H13F2N3O2/c16-10-1-2-12(17)11(7-10)15(21)20-5-6-22-14(9-20)13-8-18-3-4-19-13/h1-4,7-8,14H,5-6,9H2. The largest absolute Gasteiger partial charge is 0.368 e. The first kappa shape index (κ1) is 14.5. The highest BCUT2D eigenvalue weighted by Gasteiger charge is 2.28. The number of ether oxygens (including phenoxy) is 1. The van der Waals surface area contributed by atoms with Gasteiger partial charge < -0.3 is 9.64 Å². The third-order valence-electron chi connectivity index (χ3n) is 3.43. The van der Waals surface area contributed by atoms with Crippen LogP contribution in [-0.2, 0) is 4.74 Å². The number of carbonyl (C=O) groups is 1. The monoisotopic (exact) mass is 305 g/mol. The fraction of sp³-hybridized carbons (Fsp3) is 0.267. The molecule has 7 heteroatoms. The molecule has 1 aliphatic heterocycles. The van der Waals surface area contributed by atoms with Gasteiger partial charge in [0.15, 0.2) is 0 Å². The molecule has 22 heavy (non-hydrogen) atoms. The lowest BCUT2D eigenvalue weighted by Crippen LogP contribution is -2.42. The number of amides is 1. The van der Waals surface area contributed by atoms with E-state index in [-0.39, 0.29) is 12.1 Å². The molecule has 1 fully saturated rings. The molecule has 0 N–H and O–H groups in total. The van der Waals surface area contributed by atoms with Crippen LogP contribution in [0.1, 0.15) is 22.2 Å². The number of carbonyl (C=O) groups excluding carboxylic acids is 1. The van der Waals surface area contributed by atoms with Gasteiger partial charge in [-0.1, -0.05) is 0 Å². The Balaban J connectivity index is 1.80. The minimum Gasteiger partial charge on any atom is -0.368 e. The SMILES string of the molecule is O=C(c1cc(F)ccc1F)N1CCOC(c2cnccn2)C1. The Morgan fingerprint density at radius 2 is 2.18 bits per heavy atom. The molecular weight excluding hydrogens is 292 g/mol. The molecule has 0 saturated carbocycles. The Hall–Kier alpha value is -2.41.